The number of rotatable bonds is 4. The van der Waals surface area contributed by atoms with Crippen LogP contribution in [0.25, 0.3) is 0 Å². The number of benzene rings is 1. The number of nitrogens with two attached hydrogens (primary N) is 1. The SMILES string of the molecule is C[N+](C)(C)C1CCN(c2ccc(N=C3C=CC(=O)C(CCl)=C3N)cc2)C1. The number of ketones is 1. The lowest BCUT2D eigenvalue weighted by atomic mass is 10.0. The van der Waals surface area contributed by atoms with E-state index in [-0.39, 0.29) is 11.7 Å². The molecule has 26 heavy (non-hydrogen) atoms. The lowest BCUT2D eigenvalue weighted by Gasteiger charge is -2.31. The molecule has 3 rings (SSSR count). The van der Waals surface area contributed by atoms with Crippen LogP contribution in [-0.4, -0.2) is 62.1 Å². The van der Waals surface area contributed by atoms with Gasteiger partial charge in [0.15, 0.2) is 5.78 Å². The number of anilines is 1. The van der Waals surface area contributed by atoms with Gasteiger partial charge in [-0.2, -0.15) is 0 Å². The molecule has 2 aliphatic rings. The van der Waals surface area contributed by atoms with E-state index in [0.29, 0.717) is 23.0 Å². The van der Waals surface area contributed by atoms with E-state index in [1.54, 1.807) is 6.08 Å². The Bertz CT molecular complexity index is 787. The molecule has 6 heteroatoms. The highest BCUT2D eigenvalue weighted by Crippen LogP contribution is 2.27. The number of carbonyl (C=O) groups excluding carboxylic acids is 1. The van der Waals surface area contributed by atoms with E-state index in [0.717, 1.165) is 23.3 Å². The highest BCUT2D eigenvalue weighted by atomic mass is 35.5. The zero-order valence-corrected chi connectivity index (χ0v) is 16.3. The van der Waals surface area contributed by atoms with Crippen molar-refractivity contribution in [2.45, 2.75) is 12.5 Å². The minimum atomic E-state index is -0.146. The number of allylic oxidation sites excluding steroid dienone is 3. The van der Waals surface area contributed by atoms with Crippen LogP contribution in [0.5, 0.6) is 0 Å². The molecule has 0 bridgehead atoms. The smallest absolute Gasteiger partial charge is 0.185 e. The molecule has 1 saturated heterocycles. The molecule has 0 saturated carbocycles. The van der Waals surface area contributed by atoms with Gasteiger partial charge in [-0.25, -0.2) is 4.99 Å². The van der Waals surface area contributed by atoms with Crippen molar-refractivity contribution < 1.29 is 9.28 Å². The number of hydrogen-bond acceptors (Lipinski definition) is 4. The molecule has 0 spiro atoms. The summed E-state index contributed by atoms with van der Waals surface area (Å²) in [6, 6.07) is 8.81. The van der Waals surface area contributed by atoms with Crippen LogP contribution in [-0.2, 0) is 4.79 Å². The first-order valence-electron chi connectivity index (χ1n) is 8.82. The summed E-state index contributed by atoms with van der Waals surface area (Å²) in [6.07, 6.45) is 4.32. The van der Waals surface area contributed by atoms with Crippen molar-refractivity contribution in [3.63, 3.8) is 0 Å². The third-order valence-corrected chi connectivity index (χ3v) is 5.42. The third kappa shape index (κ3) is 3.84. The third-order valence-electron chi connectivity index (χ3n) is 5.15. The first kappa shape index (κ1) is 18.7. The van der Waals surface area contributed by atoms with Crippen molar-refractivity contribution in [2.75, 3.05) is 45.0 Å². The van der Waals surface area contributed by atoms with Crippen molar-refractivity contribution in [3.8, 4) is 0 Å². The summed E-state index contributed by atoms with van der Waals surface area (Å²) in [5.41, 5.74) is 9.42. The van der Waals surface area contributed by atoms with Crippen LogP contribution in [0.2, 0.25) is 0 Å². The van der Waals surface area contributed by atoms with Crippen LogP contribution in [0.1, 0.15) is 6.42 Å². The van der Waals surface area contributed by atoms with Gasteiger partial charge in [0, 0.05) is 24.2 Å². The number of halogens is 1. The highest BCUT2D eigenvalue weighted by molar-refractivity contribution is 6.29. The number of carbonyl (C=O) groups is 1. The second-order valence-electron chi connectivity index (χ2n) is 7.74. The first-order valence-corrected chi connectivity index (χ1v) is 9.35. The molecular formula is C20H26ClN4O+. The Morgan fingerprint density at radius 3 is 2.50 bits per heavy atom. The van der Waals surface area contributed by atoms with E-state index in [9.17, 15) is 4.79 Å². The van der Waals surface area contributed by atoms with Crippen LogP contribution in [0.15, 0.2) is 52.7 Å². The largest absolute Gasteiger partial charge is 0.397 e. The molecule has 1 fully saturated rings. The van der Waals surface area contributed by atoms with Gasteiger partial charge in [0.2, 0.25) is 0 Å². The molecule has 2 N–H and O–H groups in total. The molecule has 0 amide bonds. The standard InChI is InChI=1S/C20H25ClN4O/c1-25(2,3)16-10-11-24(13-16)15-6-4-14(5-7-15)23-18-8-9-19(26)17(12-21)20(18)22/h4-9,16H,10-13H2,1-3H3,(H-,22,26)/p+1. The first-order chi connectivity index (χ1) is 12.3. The lowest BCUT2D eigenvalue weighted by Crippen LogP contribution is -2.46. The number of hydrogen-bond donors (Lipinski definition) is 1. The van der Waals surface area contributed by atoms with E-state index in [1.807, 2.05) is 12.1 Å². The number of nitrogens with zero attached hydrogens (tertiary/aromatic N) is 3. The van der Waals surface area contributed by atoms with E-state index in [1.165, 1.54) is 18.2 Å². The van der Waals surface area contributed by atoms with Gasteiger partial charge in [0.05, 0.1) is 50.7 Å². The second kappa shape index (κ2) is 7.25. The zero-order valence-electron chi connectivity index (χ0n) is 15.6. The van der Waals surface area contributed by atoms with Gasteiger partial charge in [-0.15, -0.1) is 11.6 Å². The van der Waals surface area contributed by atoms with Crippen molar-refractivity contribution in [1.29, 1.82) is 0 Å². The molecule has 138 valence electrons. The highest BCUT2D eigenvalue weighted by Gasteiger charge is 2.32. The van der Waals surface area contributed by atoms with Crippen LogP contribution < -0.4 is 10.6 Å². The van der Waals surface area contributed by atoms with Gasteiger partial charge >= 0.3 is 0 Å². The number of aliphatic imine (C=N–C) groups is 1. The van der Waals surface area contributed by atoms with Gasteiger partial charge in [0.1, 0.15) is 6.04 Å². The Balaban J connectivity index is 1.76. The average Bonchev–Trinajstić information content (AvgIpc) is 3.09. The van der Waals surface area contributed by atoms with Crippen LogP contribution in [0.3, 0.4) is 0 Å². The number of alkyl halides is 1. The molecule has 5 nitrogen and oxygen atoms in total. The molecule has 1 aromatic rings. The summed E-state index contributed by atoms with van der Waals surface area (Å²) in [6.45, 7) is 2.14. The fourth-order valence-corrected chi connectivity index (χ4v) is 3.63. The molecule has 1 aliphatic carbocycles. The second-order valence-corrected chi connectivity index (χ2v) is 8.01. The lowest BCUT2D eigenvalue weighted by molar-refractivity contribution is -0.893. The minimum Gasteiger partial charge on any atom is -0.397 e. The van der Waals surface area contributed by atoms with Gasteiger partial charge < -0.3 is 15.1 Å². The average molecular weight is 374 g/mol. The number of likely N-dealkylation sites (N-methyl/N-ethyl adjacent to an activating group) is 1. The molecule has 1 heterocycles. The Labute approximate surface area is 160 Å². The fourth-order valence-electron chi connectivity index (χ4n) is 3.35. The van der Waals surface area contributed by atoms with Crippen LogP contribution >= 0.6 is 11.6 Å². The molecule has 0 aromatic heterocycles. The van der Waals surface area contributed by atoms with E-state index >= 15 is 0 Å². The monoisotopic (exact) mass is 373 g/mol. The van der Waals surface area contributed by atoms with E-state index in [2.05, 4.69) is 43.2 Å². The Hall–Kier alpha value is -2.11. The molecular weight excluding hydrogens is 348 g/mol. The van der Waals surface area contributed by atoms with Crippen molar-refractivity contribution >= 4 is 34.5 Å². The predicted molar refractivity (Wildman–Crippen MR) is 108 cm³/mol. The summed E-state index contributed by atoms with van der Waals surface area (Å²) in [5, 5.41) is 0. The molecule has 1 aliphatic heterocycles. The Kier molecular flexibility index (Phi) is 5.21. The van der Waals surface area contributed by atoms with E-state index < -0.39 is 0 Å². The maximum absolute atomic E-state index is 11.8. The Morgan fingerprint density at radius 1 is 1.23 bits per heavy atom. The van der Waals surface area contributed by atoms with Gasteiger partial charge in [-0.3, -0.25) is 4.79 Å². The topological polar surface area (TPSA) is 58.7 Å². The fraction of sp³-hybridized carbons (Fsp3) is 0.400. The predicted octanol–water partition coefficient (Wildman–Crippen LogP) is 2.63. The summed E-state index contributed by atoms with van der Waals surface area (Å²) < 4.78 is 0.988. The minimum absolute atomic E-state index is 0.0926. The van der Waals surface area contributed by atoms with Gasteiger partial charge in [0.25, 0.3) is 0 Å². The van der Waals surface area contributed by atoms with Crippen molar-refractivity contribution in [1.82, 2.24) is 0 Å². The summed E-state index contributed by atoms with van der Waals surface area (Å²) in [7, 11) is 6.76. The summed E-state index contributed by atoms with van der Waals surface area (Å²) in [5.74, 6) is -0.0531. The molecule has 1 unspecified atom stereocenters. The Morgan fingerprint density at radius 2 is 1.92 bits per heavy atom. The van der Waals surface area contributed by atoms with E-state index in [4.69, 9.17) is 17.3 Å². The van der Waals surface area contributed by atoms with Crippen molar-refractivity contribution in [2.24, 2.45) is 10.7 Å². The van der Waals surface area contributed by atoms with Crippen LogP contribution in [0.4, 0.5) is 11.4 Å². The van der Waals surface area contributed by atoms with Crippen molar-refractivity contribution in [3.05, 3.63) is 47.7 Å². The number of quaternary nitrogens is 1. The van der Waals surface area contributed by atoms with Gasteiger partial charge in [-0.1, -0.05) is 0 Å². The maximum atomic E-state index is 11.8. The summed E-state index contributed by atoms with van der Waals surface area (Å²) >= 11 is 5.82. The normalized spacial score (nSPS) is 22.6. The maximum Gasteiger partial charge on any atom is 0.185 e. The van der Waals surface area contributed by atoms with Crippen LogP contribution in [0, 0.1) is 0 Å². The molecule has 1 atom stereocenters. The molecule has 0 radical (unpaired) electrons. The quantitative estimate of drug-likeness (QED) is 0.501. The van der Waals surface area contributed by atoms with Gasteiger partial charge in [-0.05, 0) is 36.4 Å². The summed E-state index contributed by atoms with van der Waals surface area (Å²) in [4.78, 5) is 18.7. The zero-order chi connectivity index (χ0) is 18.9. The molecule has 1 aromatic carbocycles.